The zero-order valence-electron chi connectivity index (χ0n) is 15.2. The molecule has 0 unspecified atom stereocenters. The highest BCUT2D eigenvalue weighted by Gasteiger charge is 2.28. The van der Waals surface area contributed by atoms with Crippen molar-refractivity contribution in [3.05, 3.63) is 59.6 Å². The average Bonchev–Trinajstić information content (AvgIpc) is 3.02. The maximum atomic E-state index is 12.7. The molecule has 1 amide bonds. The Morgan fingerprint density at radius 3 is 2.70 bits per heavy atom. The molecule has 0 fully saturated rings. The molecular formula is C20H22N2O5. The Labute approximate surface area is 156 Å². The largest absolute Gasteiger partial charge is 0.487 e. The summed E-state index contributed by atoms with van der Waals surface area (Å²) in [5, 5.41) is 22.1. The van der Waals surface area contributed by atoms with Gasteiger partial charge in [0, 0.05) is 11.6 Å². The van der Waals surface area contributed by atoms with E-state index >= 15 is 0 Å². The standard InChI is InChI=1S/C20H22N2O5/c1-13-18(19(25)22-20(2,11-23)12-24)16-9-15(6-7-17(16)27-13)26-10-14-5-3-4-8-21-14/h3-9,23-24H,10-12H2,1-2H3,(H,22,25). The summed E-state index contributed by atoms with van der Waals surface area (Å²) in [5.74, 6) is 0.594. The van der Waals surface area contributed by atoms with Crippen molar-refractivity contribution in [2.24, 2.45) is 0 Å². The number of benzene rings is 1. The number of aliphatic hydroxyl groups excluding tert-OH is 2. The zero-order chi connectivity index (χ0) is 19.4. The Bertz CT molecular complexity index is 932. The molecule has 0 atom stereocenters. The Kier molecular flexibility index (Phi) is 5.43. The third-order valence-electron chi connectivity index (χ3n) is 4.29. The van der Waals surface area contributed by atoms with E-state index in [4.69, 9.17) is 9.15 Å². The minimum atomic E-state index is -1.12. The molecule has 3 rings (SSSR count). The van der Waals surface area contributed by atoms with Crippen molar-refractivity contribution in [3.63, 3.8) is 0 Å². The molecule has 3 aromatic rings. The van der Waals surface area contributed by atoms with E-state index in [0.717, 1.165) is 5.69 Å². The van der Waals surface area contributed by atoms with Crippen LogP contribution >= 0.6 is 0 Å². The van der Waals surface area contributed by atoms with Crippen LogP contribution in [0.1, 0.15) is 28.7 Å². The first-order valence-corrected chi connectivity index (χ1v) is 8.56. The SMILES string of the molecule is Cc1oc2ccc(OCc3ccccn3)cc2c1C(=O)NC(C)(CO)CO. The van der Waals surface area contributed by atoms with Gasteiger partial charge in [-0.25, -0.2) is 0 Å². The number of nitrogens with zero attached hydrogens (tertiary/aromatic N) is 1. The van der Waals surface area contributed by atoms with E-state index in [1.807, 2.05) is 18.2 Å². The Morgan fingerprint density at radius 2 is 2.04 bits per heavy atom. The lowest BCUT2D eigenvalue weighted by Gasteiger charge is -2.26. The maximum absolute atomic E-state index is 12.7. The third-order valence-corrected chi connectivity index (χ3v) is 4.29. The van der Waals surface area contributed by atoms with Crippen LogP contribution in [0.15, 0.2) is 47.0 Å². The van der Waals surface area contributed by atoms with Crippen LogP contribution in [0.3, 0.4) is 0 Å². The van der Waals surface area contributed by atoms with Gasteiger partial charge in [-0.05, 0) is 44.2 Å². The monoisotopic (exact) mass is 370 g/mol. The normalized spacial score (nSPS) is 11.6. The first-order chi connectivity index (χ1) is 13.0. The van der Waals surface area contributed by atoms with E-state index < -0.39 is 11.4 Å². The van der Waals surface area contributed by atoms with E-state index in [1.54, 1.807) is 38.2 Å². The van der Waals surface area contributed by atoms with Crippen LogP contribution in [0.25, 0.3) is 11.0 Å². The lowest BCUT2D eigenvalue weighted by Crippen LogP contribution is -2.51. The number of nitrogens with one attached hydrogen (secondary N) is 1. The predicted molar refractivity (Wildman–Crippen MR) is 99.6 cm³/mol. The van der Waals surface area contributed by atoms with Crippen LogP contribution < -0.4 is 10.1 Å². The van der Waals surface area contributed by atoms with Gasteiger partial charge in [0.25, 0.3) is 5.91 Å². The lowest BCUT2D eigenvalue weighted by atomic mass is 10.0. The fourth-order valence-electron chi connectivity index (χ4n) is 2.68. The molecule has 0 aliphatic carbocycles. The second kappa shape index (κ2) is 7.77. The highest BCUT2D eigenvalue weighted by Crippen LogP contribution is 2.29. The molecule has 0 saturated carbocycles. The highest BCUT2D eigenvalue weighted by molar-refractivity contribution is 6.07. The van der Waals surface area contributed by atoms with Gasteiger partial charge in [-0.1, -0.05) is 6.07 Å². The van der Waals surface area contributed by atoms with Gasteiger partial charge in [-0.15, -0.1) is 0 Å². The molecule has 7 nitrogen and oxygen atoms in total. The molecule has 0 aliphatic rings. The minimum Gasteiger partial charge on any atom is -0.487 e. The Balaban J connectivity index is 1.87. The van der Waals surface area contributed by atoms with Crippen molar-refractivity contribution >= 4 is 16.9 Å². The van der Waals surface area contributed by atoms with Crippen LogP contribution in [0.5, 0.6) is 5.75 Å². The number of rotatable bonds is 7. The molecular weight excluding hydrogens is 348 g/mol. The average molecular weight is 370 g/mol. The first kappa shape index (κ1) is 18.9. The second-order valence-corrected chi connectivity index (χ2v) is 6.63. The Morgan fingerprint density at radius 1 is 1.26 bits per heavy atom. The molecule has 3 N–H and O–H groups in total. The summed E-state index contributed by atoms with van der Waals surface area (Å²) < 4.78 is 11.4. The fraction of sp³-hybridized carbons (Fsp3) is 0.300. The number of carbonyl (C=O) groups is 1. The summed E-state index contributed by atoms with van der Waals surface area (Å²) in [6.45, 7) is 2.78. The second-order valence-electron chi connectivity index (χ2n) is 6.63. The van der Waals surface area contributed by atoms with Crippen molar-refractivity contribution in [2.45, 2.75) is 26.0 Å². The lowest BCUT2D eigenvalue weighted by molar-refractivity contribution is 0.0723. The van der Waals surface area contributed by atoms with Crippen molar-refractivity contribution in [2.75, 3.05) is 13.2 Å². The molecule has 0 aliphatic heterocycles. The van der Waals surface area contributed by atoms with E-state index in [1.165, 1.54) is 0 Å². The van der Waals surface area contributed by atoms with Crippen molar-refractivity contribution in [3.8, 4) is 5.75 Å². The van der Waals surface area contributed by atoms with E-state index in [9.17, 15) is 15.0 Å². The number of ether oxygens (including phenoxy) is 1. The van der Waals surface area contributed by atoms with E-state index in [0.29, 0.717) is 34.6 Å². The smallest absolute Gasteiger partial charge is 0.256 e. The highest BCUT2D eigenvalue weighted by atomic mass is 16.5. The maximum Gasteiger partial charge on any atom is 0.256 e. The van der Waals surface area contributed by atoms with Crippen LogP contribution in [0, 0.1) is 6.92 Å². The summed E-state index contributed by atoms with van der Waals surface area (Å²) in [6.07, 6.45) is 1.70. The Hall–Kier alpha value is -2.90. The van der Waals surface area contributed by atoms with Crippen molar-refractivity contribution in [1.82, 2.24) is 10.3 Å². The molecule has 0 bridgehead atoms. The summed E-state index contributed by atoms with van der Waals surface area (Å²) >= 11 is 0. The van der Waals surface area contributed by atoms with Gasteiger partial charge in [0.15, 0.2) is 0 Å². The van der Waals surface area contributed by atoms with Crippen LogP contribution in [-0.2, 0) is 6.61 Å². The molecule has 0 spiro atoms. The quantitative estimate of drug-likeness (QED) is 0.589. The third kappa shape index (κ3) is 4.10. The van der Waals surface area contributed by atoms with E-state index in [2.05, 4.69) is 10.3 Å². The summed E-state index contributed by atoms with van der Waals surface area (Å²) in [7, 11) is 0. The number of aliphatic hydroxyl groups is 2. The van der Waals surface area contributed by atoms with Gasteiger partial charge in [0.2, 0.25) is 0 Å². The number of hydrogen-bond donors (Lipinski definition) is 3. The number of hydrogen-bond acceptors (Lipinski definition) is 6. The van der Waals surface area contributed by atoms with Crippen LogP contribution in [0.4, 0.5) is 0 Å². The fourth-order valence-corrected chi connectivity index (χ4v) is 2.68. The number of furan rings is 1. The molecule has 142 valence electrons. The van der Waals surface area contributed by atoms with Gasteiger partial charge in [-0.3, -0.25) is 9.78 Å². The van der Waals surface area contributed by atoms with Gasteiger partial charge >= 0.3 is 0 Å². The molecule has 27 heavy (non-hydrogen) atoms. The zero-order valence-corrected chi connectivity index (χ0v) is 15.2. The van der Waals surface area contributed by atoms with Crippen LogP contribution in [-0.4, -0.2) is 39.9 Å². The summed E-state index contributed by atoms with van der Waals surface area (Å²) in [6, 6.07) is 10.8. The molecule has 0 saturated heterocycles. The number of aryl methyl sites for hydroxylation is 1. The topological polar surface area (TPSA) is 105 Å². The van der Waals surface area contributed by atoms with Gasteiger partial charge < -0.3 is 24.7 Å². The molecule has 2 aromatic heterocycles. The van der Waals surface area contributed by atoms with Crippen molar-refractivity contribution in [1.29, 1.82) is 0 Å². The number of fused-ring (bicyclic) bond motifs is 1. The van der Waals surface area contributed by atoms with Gasteiger partial charge in [-0.2, -0.15) is 0 Å². The molecule has 0 radical (unpaired) electrons. The number of amides is 1. The van der Waals surface area contributed by atoms with Crippen molar-refractivity contribution < 1.29 is 24.2 Å². The molecule has 2 heterocycles. The van der Waals surface area contributed by atoms with Gasteiger partial charge in [0.1, 0.15) is 23.7 Å². The predicted octanol–water partition coefficient (Wildman–Crippen LogP) is 2.19. The van der Waals surface area contributed by atoms with Crippen LogP contribution in [0.2, 0.25) is 0 Å². The number of aromatic nitrogens is 1. The van der Waals surface area contributed by atoms with Gasteiger partial charge in [0.05, 0.1) is 30.0 Å². The number of carbonyl (C=O) groups excluding carboxylic acids is 1. The number of pyridine rings is 1. The summed E-state index contributed by atoms with van der Waals surface area (Å²) in [4.78, 5) is 16.9. The first-order valence-electron chi connectivity index (χ1n) is 8.56. The molecule has 1 aromatic carbocycles. The molecule has 7 heteroatoms. The minimum absolute atomic E-state index is 0.303. The summed E-state index contributed by atoms with van der Waals surface area (Å²) in [5.41, 5.74) is 0.569. The van der Waals surface area contributed by atoms with E-state index in [-0.39, 0.29) is 13.2 Å².